The van der Waals surface area contributed by atoms with Crippen LogP contribution in [-0.4, -0.2) is 14.2 Å². The zero-order valence-corrected chi connectivity index (χ0v) is 15.6. The molecular weight excluding hydrogens is 394 g/mol. The number of aryl methyl sites for hydroxylation is 1. The lowest BCUT2D eigenvalue weighted by molar-refractivity contribution is 0.412. The first-order valence-corrected chi connectivity index (χ1v) is 8.39. The molecule has 0 radical (unpaired) electrons. The smallest absolute Gasteiger partial charge is 0.133 e. The lowest BCUT2D eigenvalue weighted by Gasteiger charge is -2.18. The van der Waals surface area contributed by atoms with Gasteiger partial charge in [-0.1, -0.05) is 34.1 Å². The van der Waals surface area contributed by atoms with Crippen LogP contribution in [0.4, 0.5) is 0 Å². The molecule has 2 nitrogen and oxygen atoms in total. The zero-order valence-electron chi connectivity index (χ0n) is 12.4. The molecule has 2 aromatic rings. The van der Waals surface area contributed by atoms with Crippen LogP contribution in [-0.2, 0) is 6.42 Å². The molecule has 0 amide bonds. The predicted molar refractivity (Wildman–Crippen MR) is 95.1 cm³/mol. The van der Waals surface area contributed by atoms with Gasteiger partial charge in [0.05, 0.1) is 11.6 Å². The fraction of sp³-hybridized carbons (Fsp3) is 0.294. The van der Waals surface area contributed by atoms with E-state index in [0.29, 0.717) is 0 Å². The van der Waals surface area contributed by atoms with Crippen LogP contribution >= 0.6 is 31.9 Å². The first-order valence-electron chi connectivity index (χ1n) is 6.81. The Morgan fingerprint density at radius 2 is 1.86 bits per heavy atom. The molecule has 1 atom stereocenters. The molecule has 0 spiro atoms. The third-order valence-electron chi connectivity index (χ3n) is 3.60. The minimum absolute atomic E-state index is 0.280. The molecule has 0 aromatic heterocycles. The number of rotatable bonds is 5. The van der Waals surface area contributed by atoms with Gasteiger partial charge in [-0.2, -0.15) is 0 Å². The van der Waals surface area contributed by atoms with Crippen LogP contribution in [0.15, 0.2) is 45.3 Å². The van der Waals surface area contributed by atoms with Gasteiger partial charge in [-0.15, -0.1) is 0 Å². The Morgan fingerprint density at radius 3 is 2.43 bits per heavy atom. The van der Waals surface area contributed by atoms with Gasteiger partial charge in [0.2, 0.25) is 0 Å². The van der Waals surface area contributed by atoms with Crippen molar-refractivity contribution in [3.63, 3.8) is 0 Å². The summed E-state index contributed by atoms with van der Waals surface area (Å²) in [5.41, 5.74) is 3.79. The van der Waals surface area contributed by atoms with E-state index >= 15 is 0 Å². The van der Waals surface area contributed by atoms with Gasteiger partial charge in [0.1, 0.15) is 5.75 Å². The number of halogens is 2. The maximum Gasteiger partial charge on any atom is 0.133 e. The summed E-state index contributed by atoms with van der Waals surface area (Å²) >= 11 is 7.15. The molecule has 2 aromatic carbocycles. The number of ether oxygens (including phenoxy) is 1. The van der Waals surface area contributed by atoms with Crippen LogP contribution < -0.4 is 10.1 Å². The topological polar surface area (TPSA) is 21.3 Å². The highest BCUT2D eigenvalue weighted by Crippen LogP contribution is 2.29. The highest BCUT2D eigenvalue weighted by Gasteiger charge is 2.12. The highest BCUT2D eigenvalue weighted by molar-refractivity contribution is 9.10. The summed E-state index contributed by atoms with van der Waals surface area (Å²) in [5, 5.41) is 3.39. The van der Waals surface area contributed by atoms with Gasteiger partial charge in [0.15, 0.2) is 0 Å². The van der Waals surface area contributed by atoms with E-state index in [1.54, 1.807) is 7.11 Å². The average molecular weight is 413 g/mol. The van der Waals surface area contributed by atoms with Crippen molar-refractivity contribution in [3.8, 4) is 5.75 Å². The number of methoxy groups -OCH3 is 1. The molecule has 4 heteroatoms. The van der Waals surface area contributed by atoms with Gasteiger partial charge in [0.25, 0.3) is 0 Å². The maximum absolute atomic E-state index is 5.28. The minimum Gasteiger partial charge on any atom is -0.496 e. The van der Waals surface area contributed by atoms with E-state index in [1.165, 1.54) is 16.7 Å². The summed E-state index contributed by atoms with van der Waals surface area (Å²) in [6, 6.07) is 13.0. The molecule has 2 rings (SSSR count). The van der Waals surface area contributed by atoms with Crippen LogP contribution in [0.25, 0.3) is 0 Å². The first kappa shape index (κ1) is 16.5. The second-order valence-electron chi connectivity index (χ2n) is 5.02. The lowest BCUT2D eigenvalue weighted by atomic mass is 9.98. The molecule has 0 heterocycles. The minimum atomic E-state index is 0.280. The molecule has 0 saturated heterocycles. The summed E-state index contributed by atoms with van der Waals surface area (Å²) in [4.78, 5) is 0. The summed E-state index contributed by atoms with van der Waals surface area (Å²) in [7, 11) is 3.68. The van der Waals surface area contributed by atoms with E-state index in [1.807, 2.05) is 13.1 Å². The van der Waals surface area contributed by atoms with Gasteiger partial charge >= 0.3 is 0 Å². The number of hydrogen-bond acceptors (Lipinski definition) is 2. The van der Waals surface area contributed by atoms with Crippen LogP contribution in [0, 0.1) is 6.92 Å². The van der Waals surface area contributed by atoms with Crippen molar-refractivity contribution in [3.05, 3.63) is 62.0 Å². The SMILES string of the molecule is CNC(Cc1ccc(OC)c(Br)c1)c1ccc(C)c(Br)c1. The summed E-state index contributed by atoms with van der Waals surface area (Å²) in [6.45, 7) is 2.10. The van der Waals surface area contributed by atoms with Crippen molar-refractivity contribution in [2.75, 3.05) is 14.2 Å². The largest absolute Gasteiger partial charge is 0.496 e. The molecule has 0 bridgehead atoms. The van der Waals surface area contributed by atoms with Crippen LogP contribution in [0.2, 0.25) is 0 Å². The van der Waals surface area contributed by atoms with E-state index in [2.05, 4.69) is 74.4 Å². The molecule has 0 aliphatic heterocycles. The van der Waals surface area contributed by atoms with Gasteiger partial charge in [-0.3, -0.25) is 0 Å². The van der Waals surface area contributed by atoms with E-state index in [0.717, 1.165) is 21.1 Å². The van der Waals surface area contributed by atoms with Gasteiger partial charge in [0, 0.05) is 10.5 Å². The lowest BCUT2D eigenvalue weighted by Crippen LogP contribution is -2.19. The number of likely N-dealkylation sites (N-methyl/N-ethyl adjacent to an activating group) is 1. The van der Waals surface area contributed by atoms with Crippen molar-refractivity contribution in [2.24, 2.45) is 0 Å². The fourth-order valence-corrected chi connectivity index (χ4v) is 3.27. The summed E-state index contributed by atoms with van der Waals surface area (Å²) < 4.78 is 7.41. The van der Waals surface area contributed by atoms with E-state index in [9.17, 15) is 0 Å². The maximum atomic E-state index is 5.28. The fourth-order valence-electron chi connectivity index (χ4n) is 2.28. The van der Waals surface area contributed by atoms with Crippen molar-refractivity contribution < 1.29 is 4.74 Å². The molecule has 112 valence electrons. The van der Waals surface area contributed by atoms with Crippen molar-refractivity contribution in [2.45, 2.75) is 19.4 Å². The quantitative estimate of drug-likeness (QED) is 0.743. The Kier molecular flexibility index (Phi) is 5.85. The van der Waals surface area contributed by atoms with Gasteiger partial charge in [-0.25, -0.2) is 0 Å². The highest BCUT2D eigenvalue weighted by atomic mass is 79.9. The number of benzene rings is 2. The van der Waals surface area contributed by atoms with Crippen LogP contribution in [0.1, 0.15) is 22.7 Å². The molecule has 1 N–H and O–H groups in total. The van der Waals surface area contributed by atoms with Crippen molar-refractivity contribution >= 4 is 31.9 Å². The van der Waals surface area contributed by atoms with Crippen molar-refractivity contribution in [1.29, 1.82) is 0 Å². The summed E-state index contributed by atoms with van der Waals surface area (Å²) in [6.07, 6.45) is 0.925. The third kappa shape index (κ3) is 4.09. The Labute approximate surface area is 143 Å². The van der Waals surface area contributed by atoms with Gasteiger partial charge in [-0.05, 0) is 71.2 Å². The van der Waals surface area contributed by atoms with E-state index in [4.69, 9.17) is 4.74 Å². The molecule has 0 saturated carbocycles. The normalized spacial score (nSPS) is 12.2. The second kappa shape index (κ2) is 7.43. The second-order valence-corrected chi connectivity index (χ2v) is 6.73. The zero-order chi connectivity index (χ0) is 15.4. The standard InChI is InChI=1S/C17H19Br2NO/c1-11-4-6-13(10-14(11)18)16(20-2)9-12-5-7-17(21-3)15(19)8-12/h4-8,10,16,20H,9H2,1-3H3. The average Bonchev–Trinajstić information content (AvgIpc) is 2.48. The van der Waals surface area contributed by atoms with Crippen molar-refractivity contribution in [1.82, 2.24) is 5.32 Å². The molecule has 21 heavy (non-hydrogen) atoms. The first-order chi connectivity index (χ1) is 10.0. The van der Waals surface area contributed by atoms with E-state index < -0.39 is 0 Å². The molecule has 1 unspecified atom stereocenters. The van der Waals surface area contributed by atoms with Crippen LogP contribution in [0.5, 0.6) is 5.75 Å². The Bertz CT molecular complexity index is 628. The third-order valence-corrected chi connectivity index (χ3v) is 5.08. The number of hydrogen-bond donors (Lipinski definition) is 1. The molecule has 0 aliphatic rings. The Hall–Kier alpha value is -0.840. The van der Waals surface area contributed by atoms with Gasteiger partial charge < -0.3 is 10.1 Å². The monoisotopic (exact) mass is 411 g/mol. The van der Waals surface area contributed by atoms with E-state index in [-0.39, 0.29) is 6.04 Å². The molecular formula is C17H19Br2NO. The molecule has 0 fully saturated rings. The predicted octanol–water partition coefficient (Wildman–Crippen LogP) is 5.03. The molecule has 0 aliphatic carbocycles. The Balaban J connectivity index is 2.22. The van der Waals surface area contributed by atoms with Crippen LogP contribution in [0.3, 0.4) is 0 Å². The number of nitrogens with one attached hydrogen (secondary N) is 1. The Morgan fingerprint density at radius 1 is 1.10 bits per heavy atom. The summed E-state index contributed by atoms with van der Waals surface area (Å²) in [5.74, 6) is 0.859.